The van der Waals surface area contributed by atoms with Crippen LogP contribution in [0.25, 0.3) is 0 Å². The molecule has 2 unspecified atom stereocenters. The van der Waals surface area contributed by atoms with E-state index in [1.165, 1.54) is 0 Å². The van der Waals surface area contributed by atoms with Gasteiger partial charge < -0.3 is 14.9 Å². The number of likely N-dealkylation sites (tertiary alicyclic amines) is 1. The molecule has 0 aromatic heterocycles. The lowest BCUT2D eigenvalue weighted by Gasteiger charge is -2.29. The molecule has 1 heterocycles. The third-order valence-electron chi connectivity index (χ3n) is 3.30. The van der Waals surface area contributed by atoms with Crippen LogP contribution in [-0.2, 0) is 0 Å². The number of hydrogen-bond donors (Lipinski definition) is 2. The number of benzene rings is 1. The summed E-state index contributed by atoms with van der Waals surface area (Å²) < 4.78 is 0. The highest BCUT2D eigenvalue weighted by Crippen LogP contribution is 2.21. The van der Waals surface area contributed by atoms with Crippen LogP contribution in [-0.4, -0.2) is 60.1 Å². The number of nitrogens with zero attached hydrogens (tertiary/aromatic N) is 2. The van der Waals surface area contributed by atoms with Gasteiger partial charge in [0, 0.05) is 24.7 Å². The van der Waals surface area contributed by atoms with Crippen molar-refractivity contribution in [2.45, 2.75) is 18.6 Å². The molecule has 0 saturated carbocycles. The summed E-state index contributed by atoms with van der Waals surface area (Å²) in [6.07, 6.45) is 0.423. The lowest BCUT2D eigenvalue weighted by molar-refractivity contribution is 0.187. The van der Waals surface area contributed by atoms with Crippen molar-refractivity contribution in [2.24, 2.45) is 0 Å². The van der Waals surface area contributed by atoms with Crippen LogP contribution in [0.15, 0.2) is 30.3 Å². The molecule has 0 aliphatic carbocycles. The van der Waals surface area contributed by atoms with Crippen molar-refractivity contribution in [1.29, 1.82) is 5.41 Å². The van der Waals surface area contributed by atoms with Gasteiger partial charge in [-0.25, -0.2) is 0 Å². The average Bonchev–Trinajstić information content (AvgIpc) is 2.69. The van der Waals surface area contributed by atoms with Gasteiger partial charge in [-0.1, -0.05) is 30.3 Å². The zero-order valence-electron chi connectivity index (χ0n) is 11.0. The van der Waals surface area contributed by atoms with Gasteiger partial charge in [0.15, 0.2) is 0 Å². The zero-order chi connectivity index (χ0) is 13.1. The first kappa shape index (κ1) is 13.1. The fourth-order valence-corrected chi connectivity index (χ4v) is 2.52. The summed E-state index contributed by atoms with van der Waals surface area (Å²) in [4.78, 5) is 4.12. The number of aliphatic hydroxyl groups is 1. The lowest BCUT2D eigenvalue weighted by Crippen LogP contribution is -2.41. The molecule has 1 aliphatic rings. The summed E-state index contributed by atoms with van der Waals surface area (Å²) >= 11 is 0. The highest BCUT2D eigenvalue weighted by atomic mass is 16.3. The number of likely N-dealkylation sites (N-methyl/N-ethyl adjacent to an activating group) is 1. The Morgan fingerprint density at radius 3 is 2.67 bits per heavy atom. The first-order valence-electron chi connectivity index (χ1n) is 6.31. The largest absolute Gasteiger partial charge is 0.391 e. The molecule has 1 aliphatic heterocycles. The van der Waals surface area contributed by atoms with Gasteiger partial charge >= 0.3 is 0 Å². The number of β-amino-alcohol motifs (C(OH)–C–C–N with tert-alkyl or cyclic N) is 1. The summed E-state index contributed by atoms with van der Waals surface area (Å²) in [6.45, 7) is 1.43. The Labute approximate surface area is 108 Å². The summed E-state index contributed by atoms with van der Waals surface area (Å²) in [5, 5.41) is 18.1. The lowest BCUT2D eigenvalue weighted by atomic mass is 10.1. The van der Waals surface area contributed by atoms with Crippen molar-refractivity contribution in [2.75, 3.05) is 27.2 Å². The average molecular weight is 247 g/mol. The summed E-state index contributed by atoms with van der Waals surface area (Å²) in [6, 6.07) is 9.95. The van der Waals surface area contributed by atoms with E-state index in [4.69, 9.17) is 5.41 Å². The van der Waals surface area contributed by atoms with Gasteiger partial charge in [-0.15, -0.1) is 0 Å². The monoisotopic (exact) mass is 247 g/mol. The molecule has 1 saturated heterocycles. The van der Waals surface area contributed by atoms with E-state index < -0.39 is 0 Å². The predicted molar refractivity (Wildman–Crippen MR) is 72.9 cm³/mol. The summed E-state index contributed by atoms with van der Waals surface area (Å²) in [5.41, 5.74) is 0.912. The Kier molecular flexibility index (Phi) is 3.99. The second-order valence-corrected chi connectivity index (χ2v) is 5.17. The summed E-state index contributed by atoms with van der Waals surface area (Å²) in [7, 11) is 4.05. The van der Waals surface area contributed by atoms with Gasteiger partial charge in [-0.2, -0.15) is 0 Å². The van der Waals surface area contributed by atoms with Gasteiger partial charge in [0.05, 0.1) is 6.10 Å². The van der Waals surface area contributed by atoms with Crippen LogP contribution in [0.4, 0.5) is 0 Å². The van der Waals surface area contributed by atoms with Crippen molar-refractivity contribution in [3.05, 3.63) is 35.9 Å². The molecule has 0 amide bonds. The van der Waals surface area contributed by atoms with Crippen LogP contribution < -0.4 is 0 Å². The molecule has 98 valence electrons. The summed E-state index contributed by atoms with van der Waals surface area (Å²) in [5.74, 6) is 0.513. The highest BCUT2D eigenvalue weighted by Gasteiger charge is 2.33. The van der Waals surface area contributed by atoms with Crippen molar-refractivity contribution < 1.29 is 5.11 Å². The van der Waals surface area contributed by atoms with Crippen LogP contribution >= 0.6 is 0 Å². The minimum Gasteiger partial charge on any atom is -0.391 e. The molecule has 0 radical (unpaired) electrons. The van der Waals surface area contributed by atoms with E-state index in [-0.39, 0.29) is 12.1 Å². The molecule has 2 rings (SSSR count). The Bertz CT molecular complexity index is 405. The quantitative estimate of drug-likeness (QED) is 0.619. The van der Waals surface area contributed by atoms with Gasteiger partial charge in [-0.05, 0) is 20.5 Å². The molecule has 1 aromatic carbocycles. The van der Waals surface area contributed by atoms with Crippen LogP contribution in [0.5, 0.6) is 0 Å². The topological polar surface area (TPSA) is 50.6 Å². The van der Waals surface area contributed by atoms with Gasteiger partial charge in [0.25, 0.3) is 0 Å². The van der Waals surface area contributed by atoms with Crippen LogP contribution in [0, 0.1) is 5.41 Å². The van der Waals surface area contributed by atoms with Crippen LogP contribution in [0.1, 0.15) is 12.0 Å². The second-order valence-electron chi connectivity index (χ2n) is 5.17. The predicted octanol–water partition coefficient (Wildman–Crippen LogP) is 1.01. The Morgan fingerprint density at radius 1 is 1.39 bits per heavy atom. The van der Waals surface area contributed by atoms with E-state index in [1.807, 2.05) is 49.3 Å². The highest BCUT2D eigenvalue weighted by molar-refractivity contribution is 5.96. The van der Waals surface area contributed by atoms with E-state index in [1.54, 1.807) is 0 Å². The van der Waals surface area contributed by atoms with Crippen LogP contribution in [0.2, 0.25) is 0 Å². The van der Waals surface area contributed by atoms with Crippen LogP contribution in [0.3, 0.4) is 0 Å². The number of hydrogen-bond acceptors (Lipinski definition) is 3. The molecule has 2 N–H and O–H groups in total. The molecular weight excluding hydrogens is 226 g/mol. The minimum atomic E-state index is -0.320. The third kappa shape index (κ3) is 2.89. The molecule has 4 nitrogen and oxygen atoms in total. The maximum absolute atomic E-state index is 9.82. The first-order chi connectivity index (χ1) is 8.58. The number of rotatable bonds is 3. The number of nitrogens with one attached hydrogen (secondary N) is 1. The molecule has 1 fully saturated rings. The van der Waals surface area contributed by atoms with E-state index in [9.17, 15) is 5.11 Å². The normalized spacial score (nSPS) is 23.7. The van der Waals surface area contributed by atoms with Crippen molar-refractivity contribution in [3.63, 3.8) is 0 Å². The fraction of sp³-hybridized carbons (Fsp3) is 0.500. The van der Waals surface area contributed by atoms with Gasteiger partial charge in [0.1, 0.15) is 5.84 Å². The molecule has 4 heteroatoms. The van der Waals surface area contributed by atoms with Gasteiger partial charge in [-0.3, -0.25) is 5.41 Å². The molecule has 0 spiro atoms. The maximum Gasteiger partial charge on any atom is 0.128 e. The van der Waals surface area contributed by atoms with Crippen molar-refractivity contribution in [1.82, 2.24) is 9.80 Å². The first-order valence-corrected chi connectivity index (χ1v) is 6.31. The molecule has 2 atom stereocenters. The number of amidine groups is 1. The van der Waals surface area contributed by atoms with Crippen molar-refractivity contribution in [3.8, 4) is 0 Å². The standard InChI is InChI=1S/C14H21N3O/c1-16(2)9-12-8-13(18)10-17(12)14(15)11-6-4-3-5-7-11/h3-7,12-13,15,18H,8-10H2,1-2H3. The van der Waals surface area contributed by atoms with Crippen molar-refractivity contribution >= 4 is 5.84 Å². The second kappa shape index (κ2) is 5.50. The minimum absolute atomic E-state index is 0.225. The molecular formula is C14H21N3O. The third-order valence-corrected chi connectivity index (χ3v) is 3.30. The Morgan fingerprint density at radius 2 is 2.06 bits per heavy atom. The van der Waals surface area contributed by atoms with Gasteiger partial charge in [0.2, 0.25) is 0 Å². The van der Waals surface area contributed by atoms with E-state index in [0.717, 1.165) is 18.5 Å². The van der Waals surface area contributed by atoms with E-state index in [2.05, 4.69) is 4.90 Å². The molecule has 1 aromatic rings. The van der Waals surface area contributed by atoms with E-state index in [0.29, 0.717) is 12.4 Å². The molecule has 18 heavy (non-hydrogen) atoms. The Balaban J connectivity index is 2.13. The van der Waals surface area contributed by atoms with E-state index >= 15 is 0 Å². The smallest absolute Gasteiger partial charge is 0.128 e. The maximum atomic E-state index is 9.82. The zero-order valence-corrected chi connectivity index (χ0v) is 11.0. The number of aliphatic hydroxyl groups excluding tert-OH is 1. The Hall–Kier alpha value is -1.39. The fourth-order valence-electron chi connectivity index (χ4n) is 2.52. The SMILES string of the molecule is CN(C)CC1CC(O)CN1C(=N)c1ccccc1. The molecule has 0 bridgehead atoms.